The van der Waals surface area contributed by atoms with E-state index in [9.17, 15) is 26.3 Å². The average molecular weight is 265 g/mol. The first kappa shape index (κ1) is 16.0. The van der Waals surface area contributed by atoms with Gasteiger partial charge in [0.05, 0.1) is 0 Å². The predicted octanol–water partition coefficient (Wildman–Crippen LogP) is 1.70. The Morgan fingerprint density at radius 3 is 1.76 bits per heavy atom. The molecule has 0 saturated carbocycles. The Morgan fingerprint density at radius 2 is 1.47 bits per heavy atom. The Hall–Kier alpha value is -0.960. The molecule has 0 bridgehead atoms. The topological polar surface area (TPSA) is 36.1 Å². The molecular formula is C8H13F6N3. The summed E-state index contributed by atoms with van der Waals surface area (Å²) in [6.45, 7) is 2.60. The first-order valence-corrected chi connectivity index (χ1v) is 4.44. The van der Waals surface area contributed by atoms with Gasteiger partial charge >= 0.3 is 12.4 Å². The molecule has 0 atom stereocenters. The summed E-state index contributed by atoms with van der Waals surface area (Å²) < 4.78 is 74.3. The second-order valence-electron chi connectivity index (χ2n) is 3.45. The van der Waals surface area contributed by atoms with Crippen LogP contribution in [0.1, 0.15) is 6.92 Å². The van der Waals surface area contributed by atoms with E-state index in [-0.39, 0.29) is 12.6 Å². The summed E-state index contributed by atoms with van der Waals surface area (Å²) in [5, 5.41) is 1.41. The average Bonchev–Trinajstić information content (AvgIpc) is 2.10. The molecular weight excluding hydrogens is 252 g/mol. The van der Waals surface area contributed by atoms with E-state index in [1.807, 2.05) is 0 Å². The van der Waals surface area contributed by atoms with Crippen LogP contribution in [0, 0.1) is 0 Å². The molecule has 0 aromatic heterocycles. The van der Waals surface area contributed by atoms with Crippen LogP contribution in [-0.4, -0.2) is 31.5 Å². The lowest BCUT2D eigenvalue weighted by molar-refractivity contribution is -0.301. The third-order valence-corrected chi connectivity index (χ3v) is 2.09. The molecule has 0 fully saturated rings. The van der Waals surface area contributed by atoms with Crippen molar-refractivity contribution in [3.05, 3.63) is 12.3 Å². The van der Waals surface area contributed by atoms with Crippen molar-refractivity contribution in [1.29, 1.82) is 0 Å². The van der Waals surface area contributed by atoms with Crippen molar-refractivity contribution >= 4 is 0 Å². The van der Waals surface area contributed by atoms with Gasteiger partial charge < -0.3 is 5.43 Å². The molecule has 0 heterocycles. The van der Waals surface area contributed by atoms with Crippen molar-refractivity contribution in [2.24, 2.45) is 0 Å². The first-order valence-electron chi connectivity index (χ1n) is 4.44. The van der Waals surface area contributed by atoms with Gasteiger partial charge in [0, 0.05) is 19.3 Å². The summed E-state index contributed by atoms with van der Waals surface area (Å²) in [6, 6.07) is 0. The maximum absolute atomic E-state index is 12.4. The summed E-state index contributed by atoms with van der Waals surface area (Å²) in [5.74, 6) is 0. The monoisotopic (exact) mass is 265 g/mol. The molecule has 3 nitrogen and oxygen atoms in total. The van der Waals surface area contributed by atoms with Gasteiger partial charge in [0.25, 0.3) is 0 Å². The molecule has 0 aliphatic carbocycles. The minimum Gasteiger partial charge on any atom is -0.325 e. The summed E-state index contributed by atoms with van der Waals surface area (Å²) in [4.78, 5) is 0. The number of rotatable bonds is 5. The van der Waals surface area contributed by atoms with Crippen LogP contribution in [0.2, 0.25) is 0 Å². The molecule has 3 N–H and O–H groups in total. The highest BCUT2D eigenvalue weighted by atomic mass is 19.4. The molecule has 0 unspecified atom stereocenters. The minimum atomic E-state index is -5.45. The molecule has 9 heteroatoms. The van der Waals surface area contributed by atoms with Crippen LogP contribution in [0.4, 0.5) is 26.3 Å². The zero-order valence-electron chi connectivity index (χ0n) is 9.18. The summed E-state index contributed by atoms with van der Waals surface area (Å²) in [6.07, 6.45) is -10.9. The Balaban J connectivity index is 4.82. The molecule has 102 valence electrons. The Kier molecular flexibility index (Phi) is 4.84. The van der Waals surface area contributed by atoms with Crippen LogP contribution in [0.25, 0.3) is 0 Å². The van der Waals surface area contributed by atoms with E-state index in [2.05, 4.69) is 17.4 Å². The molecule has 17 heavy (non-hydrogen) atoms. The molecule has 0 saturated heterocycles. The summed E-state index contributed by atoms with van der Waals surface area (Å²) >= 11 is 0. The highest BCUT2D eigenvalue weighted by Crippen LogP contribution is 2.42. The second kappa shape index (κ2) is 5.13. The SMILES string of the molecule is C=C(CNC(C)(C(F)(F)F)C(F)(F)F)NNC. The largest absolute Gasteiger partial charge is 0.415 e. The van der Waals surface area contributed by atoms with Crippen LogP contribution in [-0.2, 0) is 0 Å². The second-order valence-corrected chi connectivity index (χ2v) is 3.45. The van der Waals surface area contributed by atoms with Crippen LogP contribution >= 0.6 is 0 Å². The molecule has 0 aliphatic heterocycles. The summed E-state index contributed by atoms with van der Waals surface area (Å²) in [5.41, 5.74) is 0.586. The van der Waals surface area contributed by atoms with Crippen molar-refractivity contribution in [1.82, 2.24) is 16.2 Å². The molecule has 0 amide bonds. The van der Waals surface area contributed by atoms with E-state index < -0.39 is 24.4 Å². The number of hydrazine groups is 1. The number of alkyl halides is 6. The van der Waals surface area contributed by atoms with Gasteiger partial charge in [-0.1, -0.05) is 6.58 Å². The number of hydrogen-bond donors (Lipinski definition) is 3. The Labute approximate surface area is 94.2 Å². The molecule has 0 rings (SSSR count). The molecule has 0 aromatic carbocycles. The fraction of sp³-hybridized carbons (Fsp3) is 0.750. The predicted molar refractivity (Wildman–Crippen MR) is 49.9 cm³/mol. The van der Waals surface area contributed by atoms with E-state index in [0.29, 0.717) is 0 Å². The van der Waals surface area contributed by atoms with Crippen LogP contribution in [0.5, 0.6) is 0 Å². The maximum Gasteiger partial charge on any atom is 0.415 e. The quantitative estimate of drug-likeness (QED) is 0.523. The minimum absolute atomic E-state index is 0.0413. The standard InChI is InChI=1S/C8H13F6N3/c1-5(17-15-3)4-16-6(2,7(9,10)11)8(12,13)14/h15-17H,1,4H2,2-3H3. The zero-order valence-corrected chi connectivity index (χ0v) is 9.18. The molecule has 0 aliphatic rings. The van der Waals surface area contributed by atoms with E-state index >= 15 is 0 Å². The highest BCUT2D eigenvalue weighted by Gasteiger charge is 2.67. The lowest BCUT2D eigenvalue weighted by Gasteiger charge is -2.35. The molecule has 0 radical (unpaired) electrons. The number of halogens is 6. The fourth-order valence-corrected chi connectivity index (χ4v) is 0.866. The van der Waals surface area contributed by atoms with Gasteiger partial charge in [0.15, 0.2) is 0 Å². The van der Waals surface area contributed by atoms with Crippen molar-refractivity contribution in [2.45, 2.75) is 24.8 Å². The Morgan fingerprint density at radius 1 is 1.06 bits per heavy atom. The fourth-order valence-electron chi connectivity index (χ4n) is 0.866. The van der Waals surface area contributed by atoms with E-state index in [0.717, 1.165) is 0 Å². The number of nitrogens with one attached hydrogen (secondary N) is 3. The van der Waals surface area contributed by atoms with Crippen LogP contribution < -0.4 is 16.2 Å². The van der Waals surface area contributed by atoms with Crippen molar-refractivity contribution < 1.29 is 26.3 Å². The van der Waals surface area contributed by atoms with Crippen LogP contribution in [0.3, 0.4) is 0 Å². The van der Waals surface area contributed by atoms with E-state index in [4.69, 9.17) is 0 Å². The maximum atomic E-state index is 12.4. The van der Waals surface area contributed by atoms with Gasteiger partial charge in [-0.3, -0.25) is 5.32 Å². The van der Waals surface area contributed by atoms with E-state index in [1.54, 1.807) is 0 Å². The Bertz CT molecular complexity index is 255. The molecule has 0 spiro atoms. The van der Waals surface area contributed by atoms with Gasteiger partial charge in [-0.25, -0.2) is 5.43 Å². The smallest absolute Gasteiger partial charge is 0.325 e. The van der Waals surface area contributed by atoms with Crippen molar-refractivity contribution in [3.63, 3.8) is 0 Å². The third-order valence-electron chi connectivity index (χ3n) is 2.09. The normalized spacial score (nSPS) is 13.6. The highest BCUT2D eigenvalue weighted by molar-refractivity contribution is 5.02. The third kappa shape index (κ3) is 3.77. The van der Waals surface area contributed by atoms with Gasteiger partial charge in [0.1, 0.15) is 0 Å². The van der Waals surface area contributed by atoms with E-state index in [1.165, 1.54) is 12.4 Å². The van der Waals surface area contributed by atoms with Gasteiger partial charge in [0.2, 0.25) is 5.54 Å². The van der Waals surface area contributed by atoms with Gasteiger partial charge in [-0.15, -0.1) is 0 Å². The zero-order chi connectivity index (χ0) is 13.9. The van der Waals surface area contributed by atoms with Crippen LogP contribution in [0.15, 0.2) is 12.3 Å². The first-order chi connectivity index (χ1) is 7.45. The lowest BCUT2D eigenvalue weighted by atomic mass is 10.0. The lowest BCUT2D eigenvalue weighted by Crippen LogP contribution is -2.64. The van der Waals surface area contributed by atoms with Gasteiger partial charge in [-0.05, 0) is 6.92 Å². The summed E-state index contributed by atoms with van der Waals surface area (Å²) in [7, 11) is 1.40. The van der Waals surface area contributed by atoms with Crippen molar-refractivity contribution in [2.75, 3.05) is 13.6 Å². The van der Waals surface area contributed by atoms with Crippen molar-refractivity contribution in [3.8, 4) is 0 Å². The molecule has 0 aromatic rings. The number of hydrogen-bond acceptors (Lipinski definition) is 3. The van der Waals surface area contributed by atoms with Gasteiger partial charge in [-0.2, -0.15) is 26.3 Å².